The van der Waals surface area contributed by atoms with Crippen LogP contribution in [-0.2, 0) is 0 Å². The molecule has 0 radical (unpaired) electrons. The van der Waals surface area contributed by atoms with Gasteiger partial charge >= 0.3 is 0 Å². The summed E-state index contributed by atoms with van der Waals surface area (Å²) in [5.74, 6) is 7.50. The van der Waals surface area contributed by atoms with Gasteiger partial charge in [0.2, 0.25) is 5.95 Å². The number of nitrogens with two attached hydrogens (primary N) is 1. The van der Waals surface area contributed by atoms with Crippen LogP contribution in [0.4, 0.5) is 11.8 Å². The highest BCUT2D eigenvalue weighted by Gasteiger charge is 2.19. The Labute approximate surface area is 104 Å². The van der Waals surface area contributed by atoms with Crippen LogP contribution < -0.4 is 16.2 Å². The minimum Gasteiger partial charge on any atom is -0.355 e. The molecule has 1 aliphatic heterocycles. The number of rotatable bonds is 2. The van der Waals surface area contributed by atoms with E-state index >= 15 is 0 Å². The molecule has 0 bridgehead atoms. The van der Waals surface area contributed by atoms with Gasteiger partial charge in [0.25, 0.3) is 0 Å². The van der Waals surface area contributed by atoms with Crippen molar-refractivity contribution in [1.82, 2.24) is 9.97 Å². The highest BCUT2D eigenvalue weighted by molar-refractivity contribution is 9.10. The lowest BCUT2D eigenvalue weighted by Gasteiger charge is -2.31. The Morgan fingerprint density at radius 2 is 2.19 bits per heavy atom. The topological polar surface area (TPSA) is 67.1 Å². The quantitative estimate of drug-likeness (QED) is 0.640. The maximum atomic E-state index is 5.31. The van der Waals surface area contributed by atoms with E-state index in [-0.39, 0.29) is 0 Å². The van der Waals surface area contributed by atoms with Gasteiger partial charge in [-0.15, -0.1) is 0 Å². The molecule has 0 aliphatic carbocycles. The van der Waals surface area contributed by atoms with Gasteiger partial charge in [-0.2, -0.15) is 4.98 Å². The summed E-state index contributed by atoms with van der Waals surface area (Å²) in [6.45, 7) is 4.38. The van der Waals surface area contributed by atoms with Gasteiger partial charge in [-0.3, -0.25) is 5.43 Å². The van der Waals surface area contributed by atoms with Crippen LogP contribution >= 0.6 is 15.9 Å². The van der Waals surface area contributed by atoms with E-state index < -0.39 is 0 Å². The lowest BCUT2D eigenvalue weighted by atomic mass is 9.99. The Morgan fingerprint density at radius 1 is 1.50 bits per heavy atom. The third-order valence-corrected chi connectivity index (χ3v) is 3.50. The molecule has 2 rings (SSSR count). The van der Waals surface area contributed by atoms with Crippen LogP contribution in [0.25, 0.3) is 0 Å². The SMILES string of the molecule is CC1CCN(c2nc(NN)ncc2Br)CC1. The van der Waals surface area contributed by atoms with E-state index in [4.69, 9.17) is 5.84 Å². The van der Waals surface area contributed by atoms with Crippen LogP contribution in [0.2, 0.25) is 0 Å². The van der Waals surface area contributed by atoms with Crippen molar-refractivity contribution in [1.29, 1.82) is 0 Å². The Morgan fingerprint density at radius 3 is 2.81 bits per heavy atom. The number of halogens is 1. The second-order valence-corrected chi connectivity index (χ2v) is 5.03. The average Bonchev–Trinajstić information content (AvgIpc) is 2.31. The highest BCUT2D eigenvalue weighted by Crippen LogP contribution is 2.28. The lowest BCUT2D eigenvalue weighted by molar-refractivity contribution is 0.436. The molecule has 16 heavy (non-hydrogen) atoms. The minimum atomic E-state index is 0.455. The maximum Gasteiger partial charge on any atom is 0.239 e. The van der Waals surface area contributed by atoms with E-state index in [0.717, 1.165) is 29.3 Å². The first-order valence-corrected chi connectivity index (χ1v) is 6.24. The summed E-state index contributed by atoms with van der Waals surface area (Å²) < 4.78 is 0.918. The number of piperidine rings is 1. The number of hydrogen-bond donors (Lipinski definition) is 2. The van der Waals surface area contributed by atoms with Gasteiger partial charge in [-0.05, 0) is 34.7 Å². The third-order valence-electron chi connectivity index (χ3n) is 2.94. The maximum absolute atomic E-state index is 5.31. The van der Waals surface area contributed by atoms with Gasteiger partial charge in [0.1, 0.15) is 5.82 Å². The lowest BCUT2D eigenvalue weighted by Crippen LogP contribution is -2.34. The molecule has 1 aliphatic rings. The first-order chi connectivity index (χ1) is 7.70. The first-order valence-electron chi connectivity index (χ1n) is 5.45. The zero-order chi connectivity index (χ0) is 11.5. The number of anilines is 2. The largest absolute Gasteiger partial charge is 0.355 e. The van der Waals surface area contributed by atoms with E-state index in [2.05, 4.69) is 43.1 Å². The summed E-state index contributed by atoms with van der Waals surface area (Å²) in [6, 6.07) is 0. The third kappa shape index (κ3) is 2.44. The number of hydrogen-bond acceptors (Lipinski definition) is 5. The van der Waals surface area contributed by atoms with E-state index in [1.54, 1.807) is 6.20 Å². The number of hydrazine groups is 1. The number of nitrogens with one attached hydrogen (secondary N) is 1. The Balaban J connectivity index is 2.19. The van der Waals surface area contributed by atoms with Crippen LogP contribution in [0.15, 0.2) is 10.7 Å². The van der Waals surface area contributed by atoms with E-state index in [0.29, 0.717) is 5.95 Å². The zero-order valence-electron chi connectivity index (χ0n) is 9.28. The van der Waals surface area contributed by atoms with E-state index in [9.17, 15) is 0 Å². The highest BCUT2D eigenvalue weighted by atomic mass is 79.9. The second-order valence-electron chi connectivity index (χ2n) is 4.18. The van der Waals surface area contributed by atoms with Crippen molar-refractivity contribution in [3.8, 4) is 0 Å². The molecular weight excluding hydrogens is 270 g/mol. The Hall–Kier alpha value is -0.880. The van der Waals surface area contributed by atoms with E-state index in [1.165, 1.54) is 12.8 Å². The molecule has 6 heteroatoms. The van der Waals surface area contributed by atoms with Gasteiger partial charge in [0.15, 0.2) is 0 Å². The molecule has 0 spiro atoms. The van der Waals surface area contributed by atoms with E-state index in [1.807, 2.05) is 0 Å². The molecule has 2 heterocycles. The van der Waals surface area contributed by atoms with Gasteiger partial charge in [0.05, 0.1) is 4.47 Å². The monoisotopic (exact) mass is 285 g/mol. The van der Waals surface area contributed by atoms with Crippen LogP contribution in [0, 0.1) is 5.92 Å². The summed E-state index contributed by atoms with van der Waals surface area (Å²) in [5.41, 5.74) is 2.47. The molecule has 0 unspecified atom stereocenters. The van der Waals surface area contributed by atoms with Crippen molar-refractivity contribution in [3.63, 3.8) is 0 Å². The van der Waals surface area contributed by atoms with Crippen LogP contribution in [0.3, 0.4) is 0 Å². The molecule has 0 amide bonds. The molecule has 1 aromatic rings. The molecule has 0 atom stereocenters. The minimum absolute atomic E-state index is 0.455. The van der Waals surface area contributed by atoms with Crippen molar-refractivity contribution in [2.45, 2.75) is 19.8 Å². The summed E-state index contributed by atoms with van der Waals surface area (Å²) >= 11 is 3.48. The van der Waals surface area contributed by atoms with Crippen molar-refractivity contribution < 1.29 is 0 Å². The molecule has 3 N–H and O–H groups in total. The van der Waals surface area contributed by atoms with Crippen molar-refractivity contribution in [2.75, 3.05) is 23.4 Å². The van der Waals surface area contributed by atoms with Crippen LogP contribution in [-0.4, -0.2) is 23.1 Å². The standard InChI is InChI=1S/C10H16BrN5/c1-7-2-4-16(5-3-7)9-8(11)6-13-10(14-9)15-12/h6-7H,2-5,12H2,1H3,(H,13,14,15). The first kappa shape index (κ1) is 11.6. The number of aromatic nitrogens is 2. The average molecular weight is 286 g/mol. The molecule has 88 valence electrons. The predicted octanol–water partition coefficient (Wildman–Crippen LogP) is 1.76. The molecule has 0 aromatic carbocycles. The molecule has 1 saturated heterocycles. The van der Waals surface area contributed by atoms with Crippen molar-refractivity contribution in [2.24, 2.45) is 11.8 Å². The zero-order valence-corrected chi connectivity index (χ0v) is 10.9. The fraction of sp³-hybridized carbons (Fsp3) is 0.600. The van der Waals surface area contributed by atoms with Crippen molar-refractivity contribution >= 4 is 27.7 Å². The van der Waals surface area contributed by atoms with Crippen molar-refractivity contribution in [3.05, 3.63) is 10.7 Å². The normalized spacial score (nSPS) is 17.6. The summed E-state index contributed by atoms with van der Waals surface area (Å²) in [4.78, 5) is 10.7. The summed E-state index contributed by atoms with van der Waals surface area (Å²) in [5, 5.41) is 0. The summed E-state index contributed by atoms with van der Waals surface area (Å²) in [6.07, 6.45) is 4.15. The van der Waals surface area contributed by atoms with Gasteiger partial charge in [-0.25, -0.2) is 10.8 Å². The molecule has 0 saturated carbocycles. The summed E-state index contributed by atoms with van der Waals surface area (Å²) in [7, 11) is 0. The van der Waals surface area contributed by atoms with Crippen LogP contribution in [0.5, 0.6) is 0 Å². The second kappa shape index (κ2) is 4.97. The number of nitrogens with zero attached hydrogens (tertiary/aromatic N) is 3. The van der Waals surface area contributed by atoms with Crippen LogP contribution in [0.1, 0.15) is 19.8 Å². The number of nitrogen functional groups attached to an aromatic ring is 1. The Bertz CT molecular complexity index is 362. The Kier molecular flexibility index (Phi) is 3.60. The fourth-order valence-corrected chi connectivity index (χ4v) is 2.31. The molecule has 1 fully saturated rings. The van der Waals surface area contributed by atoms with Gasteiger partial charge in [-0.1, -0.05) is 6.92 Å². The van der Waals surface area contributed by atoms with Gasteiger partial charge in [0, 0.05) is 19.3 Å². The molecular formula is C10H16BrN5. The van der Waals surface area contributed by atoms with Gasteiger partial charge < -0.3 is 4.90 Å². The molecule has 1 aromatic heterocycles. The smallest absolute Gasteiger partial charge is 0.239 e. The fourth-order valence-electron chi connectivity index (χ4n) is 1.87. The molecule has 5 nitrogen and oxygen atoms in total. The predicted molar refractivity (Wildman–Crippen MR) is 68.2 cm³/mol.